The molecule has 82 valence electrons. The van der Waals surface area contributed by atoms with Gasteiger partial charge in [-0.1, -0.05) is 29.8 Å². The summed E-state index contributed by atoms with van der Waals surface area (Å²) in [7, 11) is 0. The van der Waals surface area contributed by atoms with E-state index in [1.807, 2.05) is 31.2 Å². The first kappa shape index (κ1) is 11.8. The molecule has 0 saturated heterocycles. The van der Waals surface area contributed by atoms with E-state index in [9.17, 15) is 10.1 Å². The standard InChI is InChI=1S/C12H12N2O2/c1-10-4-6-11(7-5-10)9-12(14(15)16)3-2-8-13/h2-9,13H,1H3/b3-2-,12-9-,13-8?. The molecule has 0 fully saturated rings. The van der Waals surface area contributed by atoms with Crippen LogP contribution in [0.1, 0.15) is 11.1 Å². The monoisotopic (exact) mass is 216 g/mol. The molecule has 0 aliphatic carbocycles. The van der Waals surface area contributed by atoms with Gasteiger partial charge in [0.2, 0.25) is 0 Å². The molecule has 0 atom stereocenters. The van der Waals surface area contributed by atoms with Crippen molar-refractivity contribution in [2.24, 2.45) is 0 Å². The van der Waals surface area contributed by atoms with E-state index in [2.05, 4.69) is 0 Å². The van der Waals surface area contributed by atoms with Crippen molar-refractivity contribution >= 4 is 12.3 Å². The van der Waals surface area contributed by atoms with Gasteiger partial charge in [0.1, 0.15) is 0 Å². The highest BCUT2D eigenvalue weighted by Crippen LogP contribution is 2.09. The van der Waals surface area contributed by atoms with Crippen molar-refractivity contribution < 1.29 is 4.92 Å². The lowest BCUT2D eigenvalue weighted by Crippen LogP contribution is -1.95. The van der Waals surface area contributed by atoms with Crippen LogP contribution in [0.4, 0.5) is 0 Å². The maximum Gasteiger partial charge on any atom is 0.270 e. The zero-order valence-corrected chi connectivity index (χ0v) is 8.88. The Morgan fingerprint density at radius 3 is 2.50 bits per heavy atom. The highest BCUT2D eigenvalue weighted by molar-refractivity contribution is 5.69. The van der Waals surface area contributed by atoms with Crippen molar-refractivity contribution in [1.82, 2.24) is 0 Å². The Bertz CT molecular complexity index is 445. The Morgan fingerprint density at radius 2 is 2.00 bits per heavy atom. The summed E-state index contributed by atoms with van der Waals surface area (Å²) in [5, 5.41) is 17.5. The van der Waals surface area contributed by atoms with Gasteiger partial charge in [0.25, 0.3) is 5.70 Å². The quantitative estimate of drug-likeness (QED) is 0.364. The molecule has 0 bridgehead atoms. The lowest BCUT2D eigenvalue weighted by molar-refractivity contribution is -0.417. The number of allylic oxidation sites excluding steroid dienone is 2. The van der Waals surface area contributed by atoms with Gasteiger partial charge in [-0.3, -0.25) is 10.1 Å². The molecule has 1 N–H and O–H groups in total. The number of aryl methyl sites for hydroxylation is 1. The van der Waals surface area contributed by atoms with Gasteiger partial charge >= 0.3 is 0 Å². The summed E-state index contributed by atoms with van der Waals surface area (Å²) in [5.41, 5.74) is 1.84. The molecule has 0 heterocycles. The predicted molar refractivity (Wildman–Crippen MR) is 64.1 cm³/mol. The van der Waals surface area contributed by atoms with E-state index < -0.39 is 4.92 Å². The van der Waals surface area contributed by atoms with Crippen LogP contribution in [0, 0.1) is 22.4 Å². The highest BCUT2D eigenvalue weighted by Gasteiger charge is 2.05. The molecule has 1 aromatic rings. The zero-order valence-electron chi connectivity index (χ0n) is 8.88. The molecule has 16 heavy (non-hydrogen) atoms. The van der Waals surface area contributed by atoms with Gasteiger partial charge in [0, 0.05) is 18.4 Å². The second kappa shape index (κ2) is 5.60. The Morgan fingerprint density at radius 1 is 1.38 bits per heavy atom. The first-order chi connectivity index (χ1) is 7.63. The van der Waals surface area contributed by atoms with Crippen LogP contribution in [-0.4, -0.2) is 11.1 Å². The van der Waals surface area contributed by atoms with Crippen molar-refractivity contribution in [3.63, 3.8) is 0 Å². The minimum atomic E-state index is -0.472. The van der Waals surface area contributed by atoms with Gasteiger partial charge in [-0.25, -0.2) is 0 Å². The van der Waals surface area contributed by atoms with Crippen molar-refractivity contribution in [3.8, 4) is 0 Å². The van der Waals surface area contributed by atoms with E-state index in [1.165, 1.54) is 18.2 Å². The topological polar surface area (TPSA) is 67.0 Å². The van der Waals surface area contributed by atoms with E-state index in [4.69, 9.17) is 5.41 Å². The molecule has 0 saturated carbocycles. The number of nitrogens with zero attached hydrogens (tertiary/aromatic N) is 1. The fourth-order valence-corrected chi connectivity index (χ4v) is 1.14. The second-order valence-corrected chi connectivity index (χ2v) is 3.26. The molecule has 1 rings (SSSR count). The van der Waals surface area contributed by atoms with Crippen LogP contribution in [0.25, 0.3) is 6.08 Å². The molecule has 4 heteroatoms. The molecule has 0 aliphatic rings. The molecule has 0 aromatic heterocycles. The van der Waals surface area contributed by atoms with Crippen LogP contribution in [-0.2, 0) is 0 Å². The number of hydrogen-bond acceptors (Lipinski definition) is 3. The third kappa shape index (κ3) is 3.49. The van der Waals surface area contributed by atoms with Crippen molar-refractivity contribution in [1.29, 1.82) is 5.41 Å². The fraction of sp³-hybridized carbons (Fsp3) is 0.0833. The molecule has 0 spiro atoms. The zero-order chi connectivity index (χ0) is 12.0. The first-order valence-corrected chi connectivity index (χ1v) is 4.73. The average Bonchev–Trinajstić information content (AvgIpc) is 2.26. The summed E-state index contributed by atoms with van der Waals surface area (Å²) in [6, 6.07) is 7.42. The van der Waals surface area contributed by atoms with Crippen molar-refractivity contribution in [3.05, 3.63) is 63.4 Å². The lowest BCUT2D eigenvalue weighted by Gasteiger charge is -1.95. The number of nitro groups is 1. The molecule has 1 aromatic carbocycles. The summed E-state index contributed by atoms with van der Waals surface area (Å²) in [5.74, 6) is 0. The molecule has 0 unspecified atom stereocenters. The number of benzene rings is 1. The molecule has 0 amide bonds. The van der Waals surface area contributed by atoms with Gasteiger partial charge in [-0.2, -0.15) is 0 Å². The Hall–Kier alpha value is -2.23. The Labute approximate surface area is 93.6 Å². The summed E-state index contributed by atoms with van der Waals surface area (Å²) in [6.45, 7) is 1.96. The van der Waals surface area contributed by atoms with Crippen LogP contribution >= 0.6 is 0 Å². The van der Waals surface area contributed by atoms with E-state index in [0.717, 1.165) is 17.3 Å². The first-order valence-electron chi connectivity index (χ1n) is 4.73. The normalized spacial score (nSPS) is 11.7. The van der Waals surface area contributed by atoms with E-state index in [-0.39, 0.29) is 5.70 Å². The van der Waals surface area contributed by atoms with Crippen LogP contribution in [0.15, 0.2) is 42.1 Å². The Kier molecular flexibility index (Phi) is 4.15. The van der Waals surface area contributed by atoms with Crippen LogP contribution in [0.2, 0.25) is 0 Å². The van der Waals surface area contributed by atoms with E-state index in [0.29, 0.717) is 0 Å². The molecular formula is C12H12N2O2. The number of nitrogens with one attached hydrogen (secondary N) is 1. The third-order valence-corrected chi connectivity index (χ3v) is 1.97. The summed E-state index contributed by atoms with van der Waals surface area (Å²) >= 11 is 0. The average molecular weight is 216 g/mol. The summed E-state index contributed by atoms with van der Waals surface area (Å²) in [4.78, 5) is 10.2. The summed E-state index contributed by atoms with van der Waals surface area (Å²) in [6.07, 6.45) is 5.10. The highest BCUT2D eigenvalue weighted by atomic mass is 16.6. The van der Waals surface area contributed by atoms with E-state index >= 15 is 0 Å². The minimum Gasteiger partial charge on any atom is -0.309 e. The summed E-state index contributed by atoms with van der Waals surface area (Å²) < 4.78 is 0. The number of hydrogen-bond donors (Lipinski definition) is 1. The van der Waals surface area contributed by atoms with Gasteiger partial charge in [-0.15, -0.1) is 0 Å². The molecule has 4 nitrogen and oxygen atoms in total. The van der Waals surface area contributed by atoms with Gasteiger partial charge in [0.15, 0.2) is 0 Å². The van der Waals surface area contributed by atoms with Gasteiger partial charge in [0.05, 0.1) is 4.92 Å². The van der Waals surface area contributed by atoms with Gasteiger partial charge < -0.3 is 5.41 Å². The van der Waals surface area contributed by atoms with Crippen LogP contribution < -0.4 is 0 Å². The SMILES string of the molecule is Cc1ccc(/C=C(/C=C\C=N)[N+](=O)[O-])cc1. The fourth-order valence-electron chi connectivity index (χ4n) is 1.14. The largest absolute Gasteiger partial charge is 0.309 e. The molecule has 0 radical (unpaired) electrons. The van der Waals surface area contributed by atoms with Crippen LogP contribution in [0.5, 0.6) is 0 Å². The number of rotatable bonds is 4. The maximum atomic E-state index is 10.7. The van der Waals surface area contributed by atoms with Crippen LogP contribution in [0.3, 0.4) is 0 Å². The second-order valence-electron chi connectivity index (χ2n) is 3.26. The van der Waals surface area contributed by atoms with E-state index in [1.54, 1.807) is 0 Å². The van der Waals surface area contributed by atoms with Crippen molar-refractivity contribution in [2.45, 2.75) is 6.92 Å². The predicted octanol–water partition coefficient (Wildman–Crippen LogP) is 2.82. The smallest absolute Gasteiger partial charge is 0.270 e. The minimum absolute atomic E-state index is 0.0349. The van der Waals surface area contributed by atoms with Gasteiger partial charge in [-0.05, 0) is 18.6 Å². The maximum absolute atomic E-state index is 10.7. The van der Waals surface area contributed by atoms with Crippen molar-refractivity contribution in [2.75, 3.05) is 0 Å². The Balaban J connectivity index is 3.02. The molecular weight excluding hydrogens is 204 g/mol. The third-order valence-electron chi connectivity index (χ3n) is 1.97. The lowest BCUT2D eigenvalue weighted by atomic mass is 10.1. The molecule has 0 aliphatic heterocycles.